The molecule has 0 unspecified atom stereocenters. The molecule has 2 rings (SSSR count). The third-order valence-electron chi connectivity index (χ3n) is 4.97. The lowest BCUT2D eigenvalue weighted by molar-refractivity contribution is 0.0342. The number of nitrogens with zero attached hydrogens (tertiary/aromatic N) is 3. The lowest BCUT2D eigenvalue weighted by atomic mass is 10.1. The van der Waals surface area contributed by atoms with Crippen molar-refractivity contribution in [3.05, 3.63) is 35.4 Å². The van der Waals surface area contributed by atoms with E-state index in [4.69, 9.17) is 14.5 Å². The summed E-state index contributed by atoms with van der Waals surface area (Å²) in [4.78, 5) is 9.48. The summed E-state index contributed by atoms with van der Waals surface area (Å²) >= 11 is 0. The van der Waals surface area contributed by atoms with Gasteiger partial charge in [-0.2, -0.15) is 0 Å². The molecule has 1 aliphatic heterocycles. The van der Waals surface area contributed by atoms with Gasteiger partial charge in [0.25, 0.3) is 0 Å². The van der Waals surface area contributed by atoms with E-state index in [9.17, 15) is 0 Å². The summed E-state index contributed by atoms with van der Waals surface area (Å²) in [5, 5.41) is 6.75. The van der Waals surface area contributed by atoms with E-state index in [1.807, 2.05) is 0 Å². The third-order valence-corrected chi connectivity index (χ3v) is 4.97. The Morgan fingerprint density at radius 2 is 1.83 bits per heavy atom. The molecule has 30 heavy (non-hydrogen) atoms. The first-order chi connectivity index (χ1) is 14.2. The first-order valence-corrected chi connectivity index (χ1v) is 10.8. The molecule has 0 spiro atoms. The number of likely N-dealkylation sites (N-methyl/N-ethyl adjacent to an activating group) is 1. The van der Waals surface area contributed by atoms with E-state index in [0.717, 1.165) is 78.0 Å². The van der Waals surface area contributed by atoms with E-state index in [1.165, 1.54) is 11.1 Å². The summed E-state index contributed by atoms with van der Waals surface area (Å²) in [5.74, 6) is 0.871. The summed E-state index contributed by atoms with van der Waals surface area (Å²) in [6.07, 6.45) is 1.06. The van der Waals surface area contributed by atoms with Crippen molar-refractivity contribution in [2.24, 2.45) is 4.99 Å². The molecule has 7 nitrogen and oxygen atoms in total. The number of hydrogen-bond donors (Lipinski definition) is 2. The fraction of sp³-hybridized carbons (Fsp3) is 0.682. The summed E-state index contributed by atoms with van der Waals surface area (Å²) in [6, 6.07) is 8.81. The van der Waals surface area contributed by atoms with Crippen LogP contribution in [0, 0.1) is 0 Å². The van der Waals surface area contributed by atoms with Gasteiger partial charge >= 0.3 is 0 Å². The van der Waals surface area contributed by atoms with Crippen LogP contribution in [0.3, 0.4) is 0 Å². The Labute approximate surface area is 199 Å². The van der Waals surface area contributed by atoms with Crippen LogP contribution >= 0.6 is 24.0 Å². The summed E-state index contributed by atoms with van der Waals surface area (Å²) < 4.78 is 10.5. The number of halogens is 1. The highest BCUT2D eigenvalue weighted by molar-refractivity contribution is 14.0. The predicted octanol–water partition coefficient (Wildman–Crippen LogP) is 2.16. The van der Waals surface area contributed by atoms with Crippen LogP contribution < -0.4 is 10.6 Å². The minimum absolute atomic E-state index is 0. The fourth-order valence-electron chi connectivity index (χ4n) is 3.24. The van der Waals surface area contributed by atoms with Gasteiger partial charge in [0.05, 0.1) is 19.8 Å². The van der Waals surface area contributed by atoms with E-state index in [1.54, 1.807) is 7.11 Å². The van der Waals surface area contributed by atoms with Gasteiger partial charge in [0.1, 0.15) is 0 Å². The van der Waals surface area contributed by atoms with Gasteiger partial charge in [-0.05, 0) is 31.5 Å². The van der Waals surface area contributed by atoms with Crippen molar-refractivity contribution in [2.75, 3.05) is 73.2 Å². The van der Waals surface area contributed by atoms with Crippen molar-refractivity contribution in [3.63, 3.8) is 0 Å². The van der Waals surface area contributed by atoms with Crippen molar-refractivity contribution in [2.45, 2.75) is 26.4 Å². The van der Waals surface area contributed by atoms with Crippen LogP contribution in [0.4, 0.5) is 0 Å². The molecule has 1 aromatic rings. The maximum Gasteiger partial charge on any atom is 0.191 e. The number of aliphatic imine (C=N–C) groups is 1. The van der Waals surface area contributed by atoms with E-state index in [0.29, 0.717) is 6.54 Å². The van der Waals surface area contributed by atoms with E-state index >= 15 is 0 Å². The molecule has 2 N–H and O–H groups in total. The van der Waals surface area contributed by atoms with Gasteiger partial charge in [-0.1, -0.05) is 24.3 Å². The summed E-state index contributed by atoms with van der Waals surface area (Å²) in [6.45, 7) is 12.0. The molecular formula is C22H40IN5O2. The van der Waals surface area contributed by atoms with Gasteiger partial charge in [-0.3, -0.25) is 4.90 Å². The van der Waals surface area contributed by atoms with Crippen molar-refractivity contribution in [1.29, 1.82) is 0 Å². The second kappa shape index (κ2) is 16.7. The van der Waals surface area contributed by atoms with Crippen LogP contribution in [0.5, 0.6) is 0 Å². The standard InChI is InChI=1S/C22H39N5O2.HI/c1-4-23-22(24-10-12-26(2)11-5-15-28-3)25-18-20-6-8-21(9-7-20)19-27-13-16-29-17-14-27;/h6-9H,4-5,10-19H2,1-3H3,(H2,23,24,25);1H. The smallest absolute Gasteiger partial charge is 0.191 e. The number of nitrogens with one attached hydrogen (secondary N) is 2. The van der Waals surface area contributed by atoms with Crippen LogP contribution in [-0.4, -0.2) is 89.0 Å². The zero-order chi connectivity index (χ0) is 20.7. The second-order valence-electron chi connectivity index (χ2n) is 7.48. The Balaban J connectivity index is 0.00000450. The minimum atomic E-state index is 0. The van der Waals surface area contributed by atoms with Gasteiger partial charge < -0.3 is 25.0 Å². The summed E-state index contributed by atoms with van der Waals surface area (Å²) in [5.41, 5.74) is 2.57. The molecule has 0 radical (unpaired) electrons. The van der Waals surface area contributed by atoms with Crippen molar-refractivity contribution < 1.29 is 9.47 Å². The fourth-order valence-corrected chi connectivity index (χ4v) is 3.24. The minimum Gasteiger partial charge on any atom is -0.385 e. The van der Waals surface area contributed by atoms with Crippen molar-refractivity contribution in [1.82, 2.24) is 20.4 Å². The number of morpholine rings is 1. The molecular weight excluding hydrogens is 493 g/mol. The molecule has 8 heteroatoms. The van der Waals surface area contributed by atoms with Gasteiger partial charge in [0.15, 0.2) is 5.96 Å². The maximum absolute atomic E-state index is 5.42. The maximum atomic E-state index is 5.42. The molecule has 1 aromatic carbocycles. The molecule has 1 saturated heterocycles. The molecule has 0 aromatic heterocycles. The Bertz CT molecular complexity index is 579. The number of methoxy groups -OCH3 is 1. The Kier molecular flexibility index (Phi) is 15.1. The number of hydrogen-bond acceptors (Lipinski definition) is 5. The highest BCUT2D eigenvalue weighted by atomic mass is 127. The molecule has 172 valence electrons. The van der Waals surface area contributed by atoms with Crippen molar-refractivity contribution >= 4 is 29.9 Å². The van der Waals surface area contributed by atoms with E-state index < -0.39 is 0 Å². The van der Waals surface area contributed by atoms with Crippen LogP contribution in [0.15, 0.2) is 29.3 Å². The number of rotatable bonds is 12. The third kappa shape index (κ3) is 11.5. The second-order valence-corrected chi connectivity index (χ2v) is 7.48. The van der Waals surface area contributed by atoms with Crippen LogP contribution in [0.1, 0.15) is 24.5 Å². The Hall–Kier alpha value is -0.940. The number of benzene rings is 1. The van der Waals surface area contributed by atoms with Crippen LogP contribution in [0.25, 0.3) is 0 Å². The molecule has 0 atom stereocenters. The Morgan fingerprint density at radius 3 is 2.50 bits per heavy atom. The zero-order valence-corrected chi connectivity index (χ0v) is 21.2. The topological polar surface area (TPSA) is 61.4 Å². The molecule has 1 heterocycles. The molecule has 0 amide bonds. The predicted molar refractivity (Wildman–Crippen MR) is 135 cm³/mol. The van der Waals surface area contributed by atoms with Gasteiger partial charge in [0.2, 0.25) is 0 Å². The molecule has 0 aliphatic carbocycles. The molecule has 0 bridgehead atoms. The molecule has 0 saturated carbocycles. The summed E-state index contributed by atoms with van der Waals surface area (Å²) in [7, 11) is 3.89. The molecule has 1 aliphatic rings. The van der Waals surface area contributed by atoms with Gasteiger partial charge in [0, 0.05) is 59.5 Å². The average Bonchev–Trinajstić information content (AvgIpc) is 2.74. The van der Waals surface area contributed by atoms with Crippen LogP contribution in [-0.2, 0) is 22.6 Å². The van der Waals surface area contributed by atoms with Gasteiger partial charge in [-0.25, -0.2) is 4.99 Å². The average molecular weight is 533 g/mol. The highest BCUT2D eigenvalue weighted by Crippen LogP contribution is 2.10. The van der Waals surface area contributed by atoms with Crippen LogP contribution in [0.2, 0.25) is 0 Å². The van der Waals surface area contributed by atoms with E-state index in [-0.39, 0.29) is 24.0 Å². The van der Waals surface area contributed by atoms with E-state index in [2.05, 4.69) is 58.7 Å². The number of ether oxygens (including phenoxy) is 2. The first-order valence-electron chi connectivity index (χ1n) is 10.8. The number of guanidine groups is 1. The molecule has 1 fully saturated rings. The van der Waals surface area contributed by atoms with Gasteiger partial charge in [-0.15, -0.1) is 24.0 Å². The zero-order valence-electron chi connectivity index (χ0n) is 18.9. The monoisotopic (exact) mass is 533 g/mol. The Morgan fingerprint density at radius 1 is 1.13 bits per heavy atom. The van der Waals surface area contributed by atoms with Crippen molar-refractivity contribution in [3.8, 4) is 0 Å². The quantitative estimate of drug-likeness (QED) is 0.186. The largest absolute Gasteiger partial charge is 0.385 e. The SMILES string of the molecule is CCNC(=NCc1ccc(CN2CCOCC2)cc1)NCCN(C)CCCOC.I. The highest BCUT2D eigenvalue weighted by Gasteiger charge is 2.10. The normalized spacial score (nSPS) is 15.1. The first kappa shape index (κ1) is 27.1. The lowest BCUT2D eigenvalue weighted by Crippen LogP contribution is -2.41. The lowest BCUT2D eigenvalue weighted by Gasteiger charge is -2.26.